The van der Waals surface area contributed by atoms with Crippen molar-refractivity contribution >= 4 is 64.3 Å². The van der Waals surface area contributed by atoms with Crippen LogP contribution in [0.25, 0.3) is 98.3 Å². The largest absolute Gasteiger partial charge is 0.333 e. The van der Waals surface area contributed by atoms with E-state index in [1.54, 1.807) is 23.5 Å². The monoisotopic (exact) mass is 1150 g/mol. The Labute approximate surface area is 452 Å². The Morgan fingerprint density at radius 3 is 1.68 bits per heavy atom. The van der Waals surface area contributed by atoms with Gasteiger partial charge in [0.2, 0.25) is 0 Å². The molecule has 3 aromatic heterocycles. The molecule has 365 valence electrons. The molecule has 73 heavy (non-hydrogen) atoms. The Bertz CT molecular complexity index is 4020. The summed E-state index contributed by atoms with van der Waals surface area (Å²) in [6.07, 6.45) is 0. The molecule has 6 heteroatoms. The molecular weight excluding hydrogens is 1090 g/mol. The first-order chi connectivity index (χ1) is 36.2. The Morgan fingerprint density at radius 1 is 0.479 bits per heavy atom. The quantitative estimate of drug-likeness (QED) is 0.135. The minimum Gasteiger partial charge on any atom is -0.333 e. The van der Waals surface area contributed by atoms with E-state index in [0.29, 0.717) is 17.4 Å². The van der Waals surface area contributed by atoms with E-state index < -0.39 is 6.85 Å². The number of para-hydroxylation sites is 5. The van der Waals surface area contributed by atoms with Crippen LogP contribution in [0.4, 0.5) is 0 Å². The summed E-state index contributed by atoms with van der Waals surface area (Å²) in [5.41, 5.74) is 16.7. The van der Waals surface area contributed by atoms with Crippen molar-refractivity contribution in [2.75, 3.05) is 0 Å². The fourth-order valence-corrected chi connectivity index (χ4v) is 11.6. The first-order valence-electron chi connectivity index (χ1n) is 26.8. The SMILES string of the molecule is CC(C)c1cccc(C(C)C)c1-n1c(-c2[c-]cccc2)nc2ccccc21.[2H]C([2H])([2H])c1ccc2cc3sc4c(-c5nc6ccccc6n5-c5c(C(C)C)cc(-c6ccccc6)cc5C(C)C)[c-]ccc4c3cc2c1.[Ir]. The van der Waals surface area contributed by atoms with Crippen LogP contribution in [0.5, 0.6) is 0 Å². The van der Waals surface area contributed by atoms with Crippen LogP contribution in [0.15, 0.2) is 176 Å². The summed E-state index contributed by atoms with van der Waals surface area (Å²) in [5.74, 6) is 3.21. The fraction of sp³-hybridized carbons (Fsp3) is 0.194. The summed E-state index contributed by atoms with van der Waals surface area (Å²) < 4.78 is 30.8. The van der Waals surface area contributed by atoms with Crippen molar-refractivity contribution in [3.63, 3.8) is 0 Å². The van der Waals surface area contributed by atoms with E-state index in [9.17, 15) is 0 Å². The van der Waals surface area contributed by atoms with Crippen molar-refractivity contribution in [2.24, 2.45) is 0 Å². The van der Waals surface area contributed by atoms with Crippen molar-refractivity contribution in [3.8, 4) is 45.3 Å². The number of benzene rings is 9. The van der Waals surface area contributed by atoms with Gasteiger partial charge < -0.3 is 9.13 Å². The van der Waals surface area contributed by atoms with Crippen LogP contribution in [0.1, 0.15) is 111 Å². The maximum atomic E-state index is 7.93. The number of imidazole rings is 2. The Hall–Kier alpha value is -6.95. The molecule has 1 radical (unpaired) electrons. The summed E-state index contributed by atoms with van der Waals surface area (Å²) in [5, 5.41) is 4.19. The van der Waals surface area contributed by atoms with E-state index >= 15 is 0 Å². The predicted molar refractivity (Wildman–Crippen MR) is 308 cm³/mol. The van der Waals surface area contributed by atoms with Gasteiger partial charge in [-0.3, -0.25) is 9.97 Å². The van der Waals surface area contributed by atoms with Crippen LogP contribution < -0.4 is 0 Å². The smallest absolute Gasteiger partial charge is 0.0774 e. The molecule has 0 atom stereocenters. The van der Waals surface area contributed by atoms with Gasteiger partial charge in [0.05, 0.1) is 33.7 Å². The van der Waals surface area contributed by atoms with Crippen molar-refractivity contribution in [3.05, 3.63) is 216 Å². The van der Waals surface area contributed by atoms with Gasteiger partial charge in [0.1, 0.15) is 0 Å². The molecule has 0 N–H and O–H groups in total. The molecule has 0 spiro atoms. The molecule has 0 aliphatic rings. The van der Waals surface area contributed by atoms with Crippen molar-refractivity contribution in [1.82, 2.24) is 19.1 Å². The second-order valence-corrected chi connectivity index (χ2v) is 21.2. The van der Waals surface area contributed by atoms with Crippen LogP contribution in [-0.4, -0.2) is 19.1 Å². The molecule has 0 fully saturated rings. The molecule has 0 saturated heterocycles. The molecule has 0 amide bonds. The van der Waals surface area contributed by atoms with Gasteiger partial charge in [-0.05, 0) is 133 Å². The van der Waals surface area contributed by atoms with Crippen LogP contribution >= 0.6 is 11.3 Å². The van der Waals surface area contributed by atoms with Gasteiger partial charge in [-0.15, -0.1) is 54.1 Å². The third kappa shape index (κ3) is 9.16. The standard InChI is InChI=1S/C42H35N2S.C25H25N2.Ir/c1-25(2)34-21-31(28-12-7-6-8-13-28)22-35(26(3)4)40(34)44-38-17-10-9-16-37(38)43-42(44)33-15-11-14-32-36-23-30-20-27(5)18-19-29(30)24-39(36)45-41(32)33;1-17(2)20-13-10-14-21(18(3)4)24(20)27-23-16-9-8-15-22(23)26-25(27)19-11-6-5-7-12-19;/h6-14,16-26H,1-5H3;5-11,13-18H,1-4H3;/q2*-1;/i5D3;;. The van der Waals surface area contributed by atoms with Crippen LogP contribution in [0.2, 0.25) is 0 Å². The van der Waals surface area contributed by atoms with Gasteiger partial charge in [-0.25, -0.2) is 0 Å². The minimum atomic E-state index is -2.15. The van der Waals surface area contributed by atoms with E-state index in [1.165, 1.54) is 44.8 Å². The average molecular weight is 1150 g/mol. The topological polar surface area (TPSA) is 35.6 Å². The third-order valence-corrected chi connectivity index (χ3v) is 15.2. The number of fused-ring (bicyclic) bond motifs is 6. The minimum absolute atomic E-state index is 0. The molecule has 12 rings (SSSR count). The third-order valence-electron chi connectivity index (χ3n) is 14.0. The number of aromatic nitrogens is 4. The van der Waals surface area contributed by atoms with Gasteiger partial charge in [-0.2, -0.15) is 11.3 Å². The first kappa shape index (κ1) is 45.9. The van der Waals surface area contributed by atoms with Crippen LogP contribution in [0, 0.1) is 19.0 Å². The molecule has 12 aromatic rings. The normalized spacial score (nSPS) is 12.5. The van der Waals surface area contributed by atoms with Gasteiger partial charge in [0.25, 0.3) is 0 Å². The Balaban J connectivity index is 0.000000199. The summed E-state index contributed by atoms with van der Waals surface area (Å²) in [4.78, 5) is 10.3. The first-order valence-corrected chi connectivity index (χ1v) is 26.1. The van der Waals surface area contributed by atoms with Gasteiger partial charge >= 0.3 is 0 Å². The van der Waals surface area contributed by atoms with E-state index in [1.807, 2.05) is 30.3 Å². The summed E-state index contributed by atoms with van der Waals surface area (Å²) in [6.45, 7) is 16.0. The molecule has 3 heterocycles. The molecule has 0 aliphatic heterocycles. The molecule has 4 nitrogen and oxygen atoms in total. The second kappa shape index (κ2) is 20.5. The van der Waals surface area contributed by atoms with E-state index in [4.69, 9.17) is 14.1 Å². The Kier molecular flexibility index (Phi) is 12.9. The maximum absolute atomic E-state index is 7.93. The number of aryl methyl sites for hydroxylation is 1. The maximum Gasteiger partial charge on any atom is 0.0774 e. The predicted octanol–water partition coefficient (Wildman–Crippen LogP) is 19.0. The summed E-state index contributed by atoms with van der Waals surface area (Å²) >= 11 is 1.75. The number of hydrogen-bond acceptors (Lipinski definition) is 3. The van der Waals surface area contributed by atoms with E-state index in [-0.39, 0.29) is 31.9 Å². The van der Waals surface area contributed by atoms with Crippen molar-refractivity contribution in [1.29, 1.82) is 0 Å². The number of nitrogens with zero attached hydrogens (tertiary/aromatic N) is 4. The molecular formula is C67H60IrN4S-2. The van der Waals surface area contributed by atoms with Gasteiger partial charge in [0.15, 0.2) is 0 Å². The van der Waals surface area contributed by atoms with Crippen LogP contribution in [-0.2, 0) is 20.1 Å². The molecule has 0 aliphatic carbocycles. The zero-order chi connectivity index (χ0) is 52.3. The number of rotatable bonds is 9. The summed E-state index contributed by atoms with van der Waals surface area (Å²) in [7, 11) is 0. The zero-order valence-corrected chi connectivity index (χ0v) is 45.8. The average Bonchev–Trinajstić information content (AvgIpc) is 4.14. The fourth-order valence-electron chi connectivity index (χ4n) is 10.4. The summed E-state index contributed by atoms with van der Waals surface area (Å²) in [6, 6.07) is 67.8. The van der Waals surface area contributed by atoms with E-state index in [2.05, 4.69) is 210 Å². The molecule has 0 bridgehead atoms. The number of hydrogen-bond donors (Lipinski definition) is 0. The molecule has 0 unspecified atom stereocenters. The zero-order valence-electron chi connectivity index (χ0n) is 45.6. The molecule has 9 aromatic carbocycles. The van der Waals surface area contributed by atoms with Gasteiger partial charge in [0, 0.05) is 40.3 Å². The van der Waals surface area contributed by atoms with Gasteiger partial charge in [-0.1, -0.05) is 163 Å². The Morgan fingerprint density at radius 2 is 1.07 bits per heavy atom. The van der Waals surface area contributed by atoms with E-state index in [0.717, 1.165) is 75.8 Å². The second-order valence-electron chi connectivity index (χ2n) is 20.2. The number of thiophene rings is 1. The van der Waals surface area contributed by atoms with Crippen molar-refractivity contribution < 1.29 is 24.2 Å². The molecule has 0 saturated carbocycles. The van der Waals surface area contributed by atoms with Crippen molar-refractivity contribution in [2.45, 2.75) is 85.9 Å². The van der Waals surface area contributed by atoms with Crippen LogP contribution in [0.3, 0.4) is 0 Å².